The lowest BCUT2D eigenvalue weighted by Crippen LogP contribution is -1.55. The summed E-state index contributed by atoms with van der Waals surface area (Å²) in [6.45, 7) is 2.22. The van der Waals surface area contributed by atoms with Crippen molar-refractivity contribution in [3.63, 3.8) is 0 Å². The van der Waals surface area contributed by atoms with Gasteiger partial charge in [0.1, 0.15) is 0 Å². The Morgan fingerprint density at radius 2 is 1.80 bits per heavy atom. The summed E-state index contributed by atoms with van der Waals surface area (Å²) in [4.78, 5) is 0. The third kappa shape index (κ3) is 14.3. The Kier molecular flexibility index (Phi) is 15.9. The van der Waals surface area contributed by atoms with Crippen LogP contribution in [0.25, 0.3) is 0 Å². The van der Waals surface area contributed by atoms with Crippen molar-refractivity contribution in [2.45, 2.75) is 19.4 Å². The highest BCUT2D eigenvalue weighted by atomic mass is 28.1. The normalized spacial score (nSPS) is 6.60. The lowest BCUT2D eigenvalue weighted by atomic mass is 10.6. The molecule has 0 aliphatic rings. The molecule has 1 nitrogen and oxygen atoms in total. The van der Waals surface area contributed by atoms with Crippen molar-refractivity contribution in [3.8, 4) is 0 Å². The van der Waals surface area contributed by atoms with E-state index in [1.54, 1.807) is 0 Å². The zero-order valence-electron chi connectivity index (χ0n) is 4.12. The summed E-state index contributed by atoms with van der Waals surface area (Å²) < 4.78 is 0. The molecule has 0 fully saturated rings. The van der Waals surface area contributed by atoms with Crippen molar-refractivity contribution in [3.05, 3.63) is 0 Å². The molecule has 0 aliphatic heterocycles. The van der Waals surface area contributed by atoms with Crippen LogP contribution in [0.15, 0.2) is 0 Å². The monoisotopic (exact) mass is 91.1 g/mol. The van der Waals surface area contributed by atoms with Gasteiger partial charge in [-0.1, -0.05) is 19.4 Å². The molecular formula is C3H13NSi. The van der Waals surface area contributed by atoms with E-state index < -0.39 is 0 Å². The smallest absolute Gasteiger partial charge is 0.00278 e. The zero-order valence-corrected chi connectivity index (χ0v) is 6.12. The Hall–Kier alpha value is 0.177. The van der Waals surface area contributed by atoms with E-state index in [9.17, 15) is 0 Å². The maximum Gasteiger partial charge on any atom is 0.00278 e. The Morgan fingerprint density at radius 1 is 1.60 bits per heavy atom. The topological polar surface area (TPSA) is 35.0 Å². The molecule has 5 heavy (non-hydrogen) atoms. The Balaban J connectivity index is 0. The predicted molar refractivity (Wildman–Crippen MR) is 30.1 cm³/mol. The van der Waals surface area contributed by atoms with E-state index in [2.05, 4.69) is 6.92 Å². The van der Waals surface area contributed by atoms with Gasteiger partial charge in [-0.15, -0.1) is 0 Å². The van der Waals surface area contributed by atoms with Gasteiger partial charge in [0.15, 0.2) is 0 Å². The van der Waals surface area contributed by atoms with Crippen LogP contribution in [-0.2, 0) is 0 Å². The first-order valence-corrected chi connectivity index (χ1v) is 3.33. The Labute approximate surface area is 36.8 Å². The Morgan fingerprint density at radius 3 is 1.80 bits per heavy atom. The van der Waals surface area contributed by atoms with Gasteiger partial charge in [0, 0.05) is 10.2 Å². The molecule has 0 heterocycles. The van der Waals surface area contributed by atoms with Crippen LogP contribution in [0.3, 0.4) is 0 Å². The van der Waals surface area contributed by atoms with Gasteiger partial charge in [0.25, 0.3) is 0 Å². The van der Waals surface area contributed by atoms with Crippen LogP contribution in [0.1, 0.15) is 13.3 Å². The molecule has 0 aliphatic carbocycles. The lowest BCUT2D eigenvalue weighted by molar-refractivity contribution is 1.08. The fourth-order valence-corrected chi connectivity index (χ4v) is 0. The maximum absolute atomic E-state index is 2.22. The maximum atomic E-state index is 2.22. The average Bonchev–Trinajstić information content (AvgIpc) is 1.37. The first-order valence-electron chi connectivity index (χ1n) is 1.91. The van der Waals surface area contributed by atoms with E-state index in [-0.39, 0.29) is 6.15 Å². The van der Waals surface area contributed by atoms with Crippen LogP contribution >= 0.6 is 0 Å². The minimum Gasteiger partial charge on any atom is -0.344 e. The minimum absolute atomic E-state index is 0. The van der Waals surface area contributed by atoms with E-state index in [1.807, 2.05) is 0 Å². The summed E-state index contributed by atoms with van der Waals surface area (Å²) in [6.07, 6.45) is 1.38. The first kappa shape index (κ1) is 8.95. The number of rotatable bonds is 1. The highest BCUT2D eigenvalue weighted by Gasteiger charge is 1.57. The number of hydrogen-bond donors (Lipinski definition) is 1. The summed E-state index contributed by atoms with van der Waals surface area (Å²) >= 11 is 0. The van der Waals surface area contributed by atoms with Crippen LogP contribution in [0, 0.1) is 0 Å². The number of hydrogen-bond acceptors (Lipinski definition) is 1. The van der Waals surface area contributed by atoms with Crippen molar-refractivity contribution >= 4 is 10.2 Å². The van der Waals surface area contributed by atoms with Crippen LogP contribution in [0.5, 0.6) is 0 Å². The molecule has 0 atom stereocenters. The molecule has 0 rings (SSSR count). The molecule has 0 aromatic rings. The highest BCUT2D eigenvalue weighted by Crippen LogP contribution is 1.73. The van der Waals surface area contributed by atoms with E-state index in [4.69, 9.17) is 0 Å². The first-order chi connectivity index (χ1) is 1.91. The molecule has 0 amide bonds. The van der Waals surface area contributed by atoms with Crippen molar-refractivity contribution < 1.29 is 0 Å². The standard InChI is InChI=1S/C3H10Si.H3N/c1-2-3-4;/h2-3H2,1,4H3;1H3. The average molecular weight is 91.2 g/mol. The van der Waals surface area contributed by atoms with E-state index in [0.717, 1.165) is 0 Å². The van der Waals surface area contributed by atoms with Crippen LogP contribution in [0.4, 0.5) is 0 Å². The van der Waals surface area contributed by atoms with Gasteiger partial charge in [-0.2, -0.15) is 0 Å². The van der Waals surface area contributed by atoms with Crippen LogP contribution < -0.4 is 6.15 Å². The van der Waals surface area contributed by atoms with Crippen LogP contribution in [0.2, 0.25) is 6.04 Å². The molecule has 0 spiro atoms. The van der Waals surface area contributed by atoms with Crippen LogP contribution in [-0.4, -0.2) is 10.2 Å². The summed E-state index contributed by atoms with van der Waals surface area (Å²) in [5.74, 6) is 0. The minimum atomic E-state index is 0. The molecule has 0 aromatic carbocycles. The third-order valence-electron chi connectivity index (χ3n) is 0.500. The lowest BCUT2D eigenvalue weighted by Gasteiger charge is -1.67. The second kappa shape index (κ2) is 8.90. The molecular weight excluding hydrogens is 78.1 g/mol. The molecule has 34 valence electrons. The molecule has 0 aromatic heterocycles. The van der Waals surface area contributed by atoms with Crippen molar-refractivity contribution in [1.29, 1.82) is 0 Å². The van der Waals surface area contributed by atoms with Crippen molar-refractivity contribution in [2.24, 2.45) is 0 Å². The van der Waals surface area contributed by atoms with Gasteiger partial charge >= 0.3 is 0 Å². The fraction of sp³-hybridized carbons (Fsp3) is 1.00. The quantitative estimate of drug-likeness (QED) is 0.464. The fourth-order valence-electron chi connectivity index (χ4n) is 0. The molecule has 2 heteroatoms. The SMILES string of the molecule is CCC[SiH3].N. The van der Waals surface area contributed by atoms with Gasteiger partial charge in [-0.3, -0.25) is 0 Å². The molecule has 0 unspecified atom stereocenters. The van der Waals surface area contributed by atoms with Gasteiger partial charge in [0.2, 0.25) is 0 Å². The van der Waals surface area contributed by atoms with E-state index in [1.165, 1.54) is 22.7 Å². The molecule has 0 saturated carbocycles. The Bertz CT molecular complexity index is 8.85. The second-order valence-electron chi connectivity index (χ2n) is 1.000. The summed E-state index contributed by atoms with van der Waals surface area (Å²) in [5, 5.41) is 0. The van der Waals surface area contributed by atoms with E-state index >= 15 is 0 Å². The van der Waals surface area contributed by atoms with Gasteiger partial charge in [0.05, 0.1) is 0 Å². The molecule has 0 radical (unpaired) electrons. The van der Waals surface area contributed by atoms with Crippen molar-refractivity contribution in [2.75, 3.05) is 0 Å². The summed E-state index contributed by atoms with van der Waals surface area (Å²) in [5.41, 5.74) is 0. The third-order valence-corrected chi connectivity index (χ3v) is 1.50. The van der Waals surface area contributed by atoms with Gasteiger partial charge in [-0.05, 0) is 0 Å². The van der Waals surface area contributed by atoms with Gasteiger partial charge in [-0.25, -0.2) is 0 Å². The largest absolute Gasteiger partial charge is 0.344 e. The molecule has 0 saturated heterocycles. The second-order valence-corrected chi connectivity index (χ2v) is 2.00. The predicted octanol–water partition coefficient (Wildman–Crippen LogP) is 0.342. The molecule has 3 N–H and O–H groups in total. The van der Waals surface area contributed by atoms with Gasteiger partial charge < -0.3 is 6.15 Å². The van der Waals surface area contributed by atoms with E-state index in [0.29, 0.717) is 0 Å². The highest BCUT2D eigenvalue weighted by molar-refractivity contribution is 6.08. The zero-order chi connectivity index (χ0) is 3.41. The summed E-state index contributed by atoms with van der Waals surface area (Å²) in [6, 6.07) is 1.46. The summed E-state index contributed by atoms with van der Waals surface area (Å²) in [7, 11) is 1.39. The van der Waals surface area contributed by atoms with Crippen molar-refractivity contribution in [1.82, 2.24) is 6.15 Å². The molecule has 0 bridgehead atoms.